The SMILES string of the molecule is CC[C@H](CC(Cl)(Cl)Cl)SSC(C)(C)C. The van der Waals surface area contributed by atoms with Gasteiger partial charge in [-0.2, -0.15) is 0 Å². The highest BCUT2D eigenvalue weighted by Crippen LogP contribution is 2.44. The van der Waals surface area contributed by atoms with Crippen molar-refractivity contribution in [2.45, 2.75) is 54.3 Å². The third kappa shape index (κ3) is 10.1. The molecule has 0 radical (unpaired) electrons. The molecule has 0 rings (SSSR count). The predicted octanol–water partition coefficient (Wildman–Crippen LogP) is 5.71. The second-order valence-corrected chi connectivity index (χ2v) is 9.99. The molecule has 0 unspecified atom stereocenters. The van der Waals surface area contributed by atoms with Gasteiger partial charge in [-0.25, -0.2) is 0 Å². The van der Waals surface area contributed by atoms with E-state index >= 15 is 0 Å². The fourth-order valence-corrected chi connectivity index (χ4v) is 4.32. The van der Waals surface area contributed by atoms with Gasteiger partial charge in [0, 0.05) is 16.4 Å². The Hall–Kier alpha value is 1.57. The first-order valence-electron chi connectivity index (χ1n) is 4.55. The van der Waals surface area contributed by atoms with Crippen LogP contribution >= 0.6 is 56.4 Å². The maximum Gasteiger partial charge on any atom is 0.191 e. The molecule has 1 atom stereocenters. The number of rotatable bonds is 4. The standard InChI is InChI=1S/C9H17Cl3S2/c1-5-7(6-9(10,11)12)13-14-8(2,3)4/h7H,5-6H2,1-4H3/t7-/m1/s1. The normalized spacial score (nSPS) is 15.6. The molecule has 0 saturated heterocycles. The van der Waals surface area contributed by atoms with Gasteiger partial charge in [-0.3, -0.25) is 0 Å². The van der Waals surface area contributed by atoms with Gasteiger partial charge in [-0.05, 0) is 6.42 Å². The van der Waals surface area contributed by atoms with Gasteiger partial charge in [0.1, 0.15) is 0 Å². The summed E-state index contributed by atoms with van der Waals surface area (Å²) in [6.45, 7) is 8.68. The van der Waals surface area contributed by atoms with Crippen molar-refractivity contribution >= 4 is 56.4 Å². The van der Waals surface area contributed by atoms with E-state index in [1.54, 1.807) is 0 Å². The smallest absolute Gasteiger partial charge is 0.0900 e. The summed E-state index contributed by atoms with van der Waals surface area (Å²) >= 11 is 17.3. The second kappa shape index (κ2) is 6.34. The van der Waals surface area contributed by atoms with Crippen LogP contribution in [0.25, 0.3) is 0 Å². The molecule has 86 valence electrons. The zero-order valence-electron chi connectivity index (χ0n) is 8.94. The zero-order valence-corrected chi connectivity index (χ0v) is 12.8. The highest BCUT2D eigenvalue weighted by molar-refractivity contribution is 8.77. The molecule has 0 aliphatic rings. The number of hydrogen-bond donors (Lipinski definition) is 0. The minimum atomic E-state index is -1.12. The maximum absolute atomic E-state index is 5.76. The first-order chi connectivity index (χ1) is 6.14. The molecule has 0 aliphatic carbocycles. The lowest BCUT2D eigenvalue weighted by Crippen LogP contribution is -2.14. The molecule has 0 heterocycles. The van der Waals surface area contributed by atoms with Gasteiger partial charge in [0.2, 0.25) is 0 Å². The van der Waals surface area contributed by atoms with E-state index < -0.39 is 3.79 Å². The lowest BCUT2D eigenvalue weighted by Gasteiger charge is -2.23. The van der Waals surface area contributed by atoms with Gasteiger partial charge in [-0.1, -0.05) is 84.1 Å². The molecule has 0 bridgehead atoms. The third-order valence-electron chi connectivity index (χ3n) is 1.35. The summed E-state index contributed by atoms with van der Waals surface area (Å²) < 4.78 is -0.863. The maximum atomic E-state index is 5.76. The van der Waals surface area contributed by atoms with Crippen LogP contribution in [0.1, 0.15) is 40.5 Å². The highest BCUT2D eigenvalue weighted by atomic mass is 35.6. The Balaban J connectivity index is 3.93. The second-order valence-electron chi connectivity index (χ2n) is 4.14. The average molecular weight is 296 g/mol. The molecule has 0 N–H and O–H groups in total. The van der Waals surface area contributed by atoms with E-state index in [4.69, 9.17) is 34.8 Å². The Kier molecular flexibility index (Phi) is 7.05. The molecule has 0 saturated carbocycles. The number of alkyl halides is 3. The van der Waals surface area contributed by atoms with Crippen molar-refractivity contribution in [1.29, 1.82) is 0 Å². The van der Waals surface area contributed by atoms with Crippen LogP contribution in [0.2, 0.25) is 0 Å². The molecule has 0 amide bonds. The Labute approximate surface area is 110 Å². The largest absolute Gasteiger partial charge is 0.191 e. The molecule has 0 aromatic carbocycles. The molecule has 14 heavy (non-hydrogen) atoms. The van der Waals surface area contributed by atoms with Crippen LogP contribution in [-0.2, 0) is 0 Å². The van der Waals surface area contributed by atoms with Crippen LogP contribution in [0.5, 0.6) is 0 Å². The van der Waals surface area contributed by atoms with Crippen molar-refractivity contribution in [2.24, 2.45) is 0 Å². The molecule has 5 heteroatoms. The summed E-state index contributed by atoms with van der Waals surface area (Å²) in [6.07, 6.45) is 1.64. The minimum Gasteiger partial charge on any atom is -0.0900 e. The fourth-order valence-electron chi connectivity index (χ4n) is 0.717. The van der Waals surface area contributed by atoms with Crippen molar-refractivity contribution in [3.63, 3.8) is 0 Å². The van der Waals surface area contributed by atoms with E-state index in [1.165, 1.54) is 0 Å². The van der Waals surface area contributed by atoms with Gasteiger partial charge < -0.3 is 0 Å². The summed E-state index contributed by atoms with van der Waals surface area (Å²) in [5.41, 5.74) is 0. The van der Waals surface area contributed by atoms with Crippen LogP contribution in [0.3, 0.4) is 0 Å². The van der Waals surface area contributed by atoms with Crippen molar-refractivity contribution < 1.29 is 0 Å². The van der Waals surface area contributed by atoms with Gasteiger partial charge in [0.25, 0.3) is 0 Å². The fraction of sp³-hybridized carbons (Fsp3) is 1.00. The van der Waals surface area contributed by atoms with E-state index in [1.807, 2.05) is 21.6 Å². The summed E-state index contributed by atoms with van der Waals surface area (Å²) in [4.78, 5) is 0. The van der Waals surface area contributed by atoms with E-state index in [0.717, 1.165) is 6.42 Å². The summed E-state index contributed by atoms with van der Waals surface area (Å²) in [5, 5.41) is 0.409. The Bertz CT molecular complexity index is 160. The Morgan fingerprint density at radius 3 is 1.93 bits per heavy atom. The predicted molar refractivity (Wildman–Crippen MR) is 73.9 cm³/mol. The molecule has 0 aromatic heterocycles. The van der Waals surface area contributed by atoms with Crippen molar-refractivity contribution in [3.05, 3.63) is 0 Å². The van der Waals surface area contributed by atoms with Crippen LogP contribution < -0.4 is 0 Å². The van der Waals surface area contributed by atoms with Crippen molar-refractivity contribution in [3.8, 4) is 0 Å². The molecular formula is C9H17Cl3S2. The van der Waals surface area contributed by atoms with Crippen LogP contribution in [0.15, 0.2) is 0 Å². The minimum absolute atomic E-state index is 0.256. The summed E-state index contributed by atoms with van der Waals surface area (Å²) in [7, 11) is 3.67. The molecule has 0 spiro atoms. The first kappa shape index (κ1) is 15.6. The summed E-state index contributed by atoms with van der Waals surface area (Å²) in [6, 6.07) is 0. The van der Waals surface area contributed by atoms with Crippen LogP contribution in [0.4, 0.5) is 0 Å². The monoisotopic (exact) mass is 294 g/mol. The topological polar surface area (TPSA) is 0 Å². The van der Waals surface area contributed by atoms with Crippen molar-refractivity contribution in [1.82, 2.24) is 0 Å². The molecule has 0 aromatic rings. The zero-order chi connectivity index (χ0) is 11.4. The Morgan fingerprint density at radius 1 is 1.14 bits per heavy atom. The van der Waals surface area contributed by atoms with E-state index in [2.05, 4.69) is 27.7 Å². The van der Waals surface area contributed by atoms with Crippen molar-refractivity contribution in [2.75, 3.05) is 0 Å². The van der Waals surface area contributed by atoms with Gasteiger partial charge in [0.05, 0.1) is 0 Å². The molecular weight excluding hydrogens is 279 g/mol. The van der Waals surface area contributed by atoms with E-state index in [-0.39, 0.29) is 4.75 Å². The first-order valence-corrected chi connectivity index (χ1v) is 7.90. The average Bonchev–Trinajstić information content (AvgIpc) is 1.94. The van der Waals surface area contributed by atoms with Gasteiger partial charge >= 0.3 is 0 Å². The van der Waals surface area contributed by atoms with Gasteiger partial charge in [-0.15, -0.1) is 0 Å². The highest BCUT2D eigenvalue weighted by Gasteiger charge is 2.26. The third-order valence-corrected chi connectivity index (χ3v) is 5.79. The lowest BCUT2D eigenvalue weighted by molar-refractivity contribution is 0.755. The van der Waals surface area contributed by atoms with E-state index in [0.29, 0.717) is 11.7 Å². The van der Waals surface area contributed by atoms with Crippen LogP contribution in [-0.4, -0.2) is 13.8 Å². The number of hydrogen-bond acceptors (Lipinski definition) is 2. The molecule has 0 fully saturated rings. The quantitative estimate of drug-likeness (QED) is 0.481. The van der Waals surface area contributed by atoms with Crippen LogP contribution in [0, 0.1) is 0 Å². The lowest BCUT2D eigenvalue weighted by atomic mass is 10.3. The molecule has 0 aliphatic heterocycles. The molecule has 0 nitrogen and oxygen atoms in total. The van der Waals surface area contributed by atoms with E-state index in [9.17, 15) is 0 Å². The summed E-state index contributed by atoms with van der Waals surface area (Å²) in [5.74, 6) is 0. The Morgan fingerprint density at radius 2 is 1.64 bits per heavy atom. The number of halogens is 3. The van der Waals surface area contributed by atoms with Gasteiger partial charge in [0.15, 0.2) is 3.79 Å².